The number of methoxy groups -OCH3 is 1. The first kappa shape index (κ1) is 22.5. The molecule has 2 aliphatic rings. The zero-order valence-corrected chi connectivity index (χ0v) is 19.2. The number of nitrogens with zero attached hydrogens (tertiary/aromatic N) is 3. The van der Waals surface area contributed by atoms with Crippen LogP contribution in [0.4, 0.5) is 21.6 Å². The van der Waals surface area contributed by atoms with E-state index in [1.54, 1.807) is 18.2 Å². The predicted octanol–water partition coefficient (Wildman–Crippen LogP) is 4.14. The molecule has 1 aromatic heterocycles. The fourth-order valence-corrected chi connectivity index (χ4v) is 4.25. The molecular weight excluding hydrogens is 461 g/mol. The Morgan fingerprint density at radius 2 is 2.24 bits per heavy atom. The van der Waals surface area contributed by atoms with Crippen LogP contribution in [0.15, 0.2) is 48.8 Å². The van der Waals surface area contributed by atoms with Gasteiger partial charge in [0.05, 0.1) is 36.0 Å². The zero-order valence-electron chi connectivity index (χ0n) is 18.4. The summed E-state index contributed by atoms with van der Waals surface area (Å²) in [5.74, 6) is 0.174. The maximum Gasteiger partial charge on any atom is 0.248 e. The van der Waals surface area contributed by atoms with E-state index in [1.807, 2.05) is 6.08 Å². The van der Waals surface area contributed by atoms with Crippen LogP contribution in [0.2, 0.25) is 5.02 Å². The second-order valence-electron chi connectivity index (χ2n) is 8.14. The van der Waals surface area contributed by atoms with E-state index in [0.29, 0.717) is 52.5 Å². The van der Waals surface area contributed by atoms with Crippen molar-refractivity contribution in [2.45, 2.75) is 18.6 Å². The predicted molar refractivity (Wildman–Crippen MR) is 128 cm³/mol. The number of morpholine rings is 1. The van der Waals surface area contributed by atoms with Gasteiger partial charge in [-0.3, -0.25) is 9.69 Å². The van der Waals surface area contributed by atoms with Crippen molar-refractivity contribution in [3.05, 3.63) is 59.7 Å². The van der Waals surface area contributed by atoms with Crippen LogP contribution >= 0.6 is 11.6 Å². The molecule has 3 aromatic rings. The van der Waals surface area contributed by atoms with Gasteiger partial charge in [-0.25, -0.2) is 14.4 Å². The van der Waals surface area contributed by atoms with E-state index in [4.69, 9.17) is 21.1 Å². The zero-order chi connectivity index (χ0) is 23.7. The quantitative estimate of drug-likeness (QED) is 0.488. The highest BCUT2D eigenvalue weighted by atomic mass is 35.5. The summed E-state index contributed by atoms with van der Waals surface area (Å²) in [5, 5.41) is 6.65. The molecule has 1 aliphatic heterocycles. The summed E-state index contributed by atoms with van der Waals surface area (Å²) < 4.78 is 24.6. The van der Waals surface area contributed by atoms with Crippen LogP contribution in [-0.4, -0.2) is 59.7 Å². The van der Waals surface area contributed by atoms with E-state index in [0.717, 1.165) is 19.6 Å². The Hall–Kier alpha value is -3.27. The van der Waals surface area contributed by atoms with Gasteiger partial charge in [-0.15, -0.1) is 0 Å². The van der Waals surface area contributed by atoms with E-state index < -0.39 is 5.82 Å². The van der Waals surface area contributed by atoms with Gasteiger partial charge in [0.15, 0.2) is 0 Å². The largest absolute Gasteiger partial charge is 0.494 e. The molecule has 8 nitrogen and oxygen atoms in total. The summed E-state index contributed by atoms with van der Waals surface area (Å²) in [6, 6.07) is 8.24. The number of hydrogen-bond acceptors (Lipinski definition) is 7. The minimum Gasteiger partial charge on any atom is -0.494 e. The van der Waals surface area contributed by atoms with Crippen molar-refractivity contribution in [1.29, 1.82) is 0 Å². The first-order valence-electron chi connectivity index (χ1n) is 10.9. The summed E-state index contributed by atoms with van der Waals surface area (Å²) in [5.41, 5.74) is 1.66. The molecule has 0 spiro atoms. The summed E-state index contributed by atoms with van der Waals surface area (Å²) >= 11 is 5.89. The lowest BCUT2D eigenvalue weighted by atomic mass is 10.1. The van der Waals surface area contributed by atoms with Gasteiger partial charge in [0.1, 0.15) is 23.7 Å². The molecule has 2 N–H and O–H groups in total. The summed E-state index contributed by atoms with van der Waals surface area (Å²) in [6.45, 7) is 2.31. The van der Waals surface area contributed by atoms with Gasteiger partial charge >= 0.3 is 0 Å². The van der Waals surface area contributed by atoms with Gasteiger partial charge in [0.2, 0.25) is 5.91 Å². The average molecular weight is 484 g/mol. The fraction of sp³-hybridized carbons (Fsp3) is 0.292. The van der Waals surface area contributed by atoms with Crippen molar-refractivity contribution in [1.82, 2.24) is 14.9 Å². The molecule has 1 amide bonds. The molecule has 2 fully saturated rings. The second-order valence-corrected chi connectivity index (χ2v) is 8.55. The molecule has 10 heteroatoms. The molecule has 2 heterocycles. The highest BCUT2D eigenvalue weighted by Gasteiger charge is 2.45. The number of halogens is 2. The Labute approximate surface area is 200 Å². The summed E-state index contributed by atoms with van der Waals surface area (Å²) in [7, 11) is 1.53. The molecule has 176 valence electrons. The van der Waals surface area contributed by atoms with Crippen LogP contribution < -0.4 is 15.4 Å². The number of rotatable bonds is 7. The molecule has 34 heavy (non-hydrogen) atoms. The van der Waals surface area contributed by atoms with Crippen molar-refractivity contribution in [3.63, 3.8) is 0 Å². The highest BCUT2D eigenvalue weighted by molar-refractivity contribution is 6.31. The van der Waals surface area contributed by atoms with Crippen LogP contribution in [0.3, 0.4) is 0 Å². The molecule has 0 radical (unpaired) electrons. The number of fused-ring (bicyclic) bond motifs is 2. The maximum absolute atomic E-state index is 13.5. The van der Waals surface area contributed by atoms with Gasteiger partial charge in [-0.05, 0) is 30.7 Å². The lowest BCUT2D eigenvalue weighted by molar-refractivity contribution is -0.111. The smallest absolute Gasteiger partial charge is 0.248 e. The van der Waals surface area contributed by atoms with Gasteiger partial charge in [0, 0.05) is 42.3 Å². The number of carbonyl (C=O) groups excluding carboxylic acids is 1. The fourth-order valence-electron chi connectivity index (χ4n) is 4.07. The number of ether oxygens (including phenoxy) is 2. The summed E-state index contributed by atoms with van der Waals surface area (Å²) in [4.78, 5) is 23.5. The lowest BCUT2D eigenvalue weighted by Gasteiger charge is -2.24. The van der Waals surface area contributed by atoms with E-state index >= 15 is 0 Å². The topological polar surface area (TPSA) is 88.6 Å². The van der Waals surface area contributed by atoms with Crippen LogP contribution in [-0.2, 0) is 9.53 Å². The van der Waals surface area contributed by atoms with Crippen LogP contribution in [0, 0.1) is 5.82 Å². The molecule has 1 saturated heterocycles. The number of aromatic nitrogens is 2. The number of benzene rings is 2. The van der Waals surface area contributed by atoms with Crippen molar-refractivity contribution in [2.24, 2.45) is 0 Å². The Morgan fingerprint density at radius 1 is 1.35 bits per heavy atom. The molecule has 5 rings (SSSR count). The van der Waals surface area contributed by atoms with Crippen molar-refractivity contribution in [3.8, 4) is 5.75 Å². The number of amides is 1. The molecule has 2 unspecified atom stereocenters. The van der Waals surface area contributed by atoms with E-state index in [-0.39, 0.29) is 10.9 Å². The third-order valence-electron chi connectivity index (χ3n) is 5.89. The van der Waals surface area contributed by atoms with Crippen molar-refractivity contribution >= 4 is 45.6 Å². The van der Waals surface area contributed by atoms with Gasteiger partial charge < -0.3 is 20.1 Å². The number of anilines is 3. The lowest BCUT2D eigenvalue weighted by Crippen LogP contribution is -2.36. The van der Waals surface area contributed by atoms with Gasteiger partial charge in [-0.1, -0.05) is 17.7 Å². The minimum absolute atomic E-state index is 0.000874. The van der Waals surface area contributed by atoms with Crippen LogP contribution in [0.5, 0.6) is 5.75 Å². The number of hydrogen-bond donors (Lipinski definition) is 2. The number of nitrogens with one attached hydrogen (secondary N) is 2. The van der Waals surface area contributed by atoms with E-state index in [9.17, 15) is 9.18 Å². The van der Waals surface area contributed by atoms with E-state index in [2.05, 4.69) is 25.5 Å². The van der Waals surface area contributed by atoms with Gasteiger partial charge in [-0.2, -0.15) is 0 Å². The highest BCUT2D eigenvalue weighted by Crippen LogP contribution is 2.35. The first-order chi connectivity index (χ1) is 16.5. The molecule has 2 atom stereocenters. The van der Waals surface area contributed by atoms with E-state index in [1.165, 1.54) is 31.6 Å². The first-order valence-corrected chi connectivity index (χ1v) is 11.3. The standard InChI is InChI=1S/C24H23ClFN5O3/c1-33-21-11-18-15(24(28-13-27-18)29-14-4-5-17(26)16(25)9-14)10-19(21)30-23(32)3-2-6-31-7-8-34-22-12-20(22)31/h2-5,9-11,13,20,22H,6-8,12H2,1H3,(H,30,32)(H,27,28,29)/b3-2+. The SMILES string of the molecule is COc1cc2ncnc(Nc3ccc(F)c(Cl)c3)c2cc1NC(=O)/C=C/CN1CCOC2CC21. The molecule has 1 aliphatic carbocycles. The Morgan fingerprint density at radius 3 is 3.06 bits per heavy atom. The Kier molecular flexibility index (Phi) is 6.32. The van der Waals surface area contributed by atoms with Crippen molar-refractivity contribution < 1.29 is 18.7 Å². The van der Waals surface area contributed by atoms with Crippen LogP contribution in [0.1, 0.15) is 6.42 Å². The van der Waals surface area contributed by atoms with Crippen LogP contribution in [0.25, 0.3) is 10.9 Å². The normalized spacial score (nSPS) is 19.7. The monoisotopic (exact) mass is 483 g/mol. The molecular formula is C24H23ClFN5O3. The molecule has 0 bridgehead atoms. The summed E-state index contributed by atoms with van der Waals surface area (Å²) in [6.07, 6.45) is 6.22. The van der Waals surface area contributed by atoms with Crippen molar-refractivity contribution in [2.75, 3.05) is 37.4 Å². The Balaban J connectivity index is 1.34. The third kappa shape index (κ3) is 4.82. The Bertz CT molecular complexity index is 1270. The third-order valence-corrected chi connectivity index (χ3v) is 6.17. The maximum atomic E-state index is 13.5. The molecule has 2 aromatic carbocycles. The number of carbonyl (C=O) groups is 1. The van der Waals surface area contributed by atoms with Gasteiger partial charge in [0.25, 0.3) is 0 Å². The second kappa shape index (κ2) is 9.54. The minimum atomic E-state index is -0.506. The molecule has 1 saturated carbocycles. The average Bonchev–Trinajstić information content (AvgIpc) is 3.62.